The number of rotatable bonds is 4. The Morgan fingerprint density at radius 1 is 1.07 bits per heavy atom. The fourth-order valence-electron chi connectivity index (χ4n) is 3.91. The van der Waals surface area contributed by atoms with Gasteiger partial charge in [-0.1, -0.05) is 12.1 Å². The second kappa shape index (κ2) is 8.27. The Morgan fingerprint density at radius 3 is 2.50 bits per heavy atom. The average molecular weight is 434 g/mol. The summed E-state index contributed by atoms with van der Waals surface area (Å²) in [5.41, 5.74) is 1.53. The van der Waals surface area contributed by atoms with Crippen molar-refractivity contribution < 1.29 is 17.6 Å². The standard InChI is InChI=1S/C20H23FN4O4S/c21-16-6-2-4-8-18(16)30(28,29)24-11-9-23(10-12-24)20(27)14-25-19(26)13-15-5-1-3-7-17(15)22-25/h2,4,6,8,13H,1,3,5,7,9-12,14H2. The van der Waals surface area contributed by atoms with Crippen molar-refractivity contribution in [2.45, 2.75) is 37.1 Å². The van der Waals surface area contributed by atoms with E-state index >= 15 is 0 Å². The number of hydrogen-bond acceptors (Lipinski definition) is 5. The third-order valence-corrected chi connectivity index (χ3v) is 7.54. The van der Waals surface area contributed by atoms with Gasteiger partial charge in [0.25, 0.3) is 5.56 Å². The van der Waals surface area contributed by atoms with Crippen LogP contribution < -0.4 is 5.56 Å². The maximum atomic E-state index is 13.9. The number of aromatic nitrogens is 2. The van der Waals surface area contributed by atoms with Crippen molar-refractivity contribution in [3.05, 3.63) is 57.8 Å². The van der Waals surface area contributed by atoms with Gasteiger partial charge in [0.2, 0.25) is 15.9 Å². The molecule has 2 aromatic rings. The number of aryl methyl sites for hydroxylation is 2. The molecule has 0 atom stereocenters. The number of carbonyl (C=O) groups excluding carboxylic acids is 1. The van der Waals surface area contributed by atoms with E-state index in [1.165, 1.54) is 32.1 Å². The number of nitrogens with zero attached hydrogens (tertiary/aromatic N) is 4. The SMILES string of the molecule is O=C(Cn1nc2c(cc1=O)CCCC2)N1CCN(S(=O)(=O)c2ccccc2F)CC1. The Labute approximate surface area is 174 Å². The van der Waals surface area contributed by atoms with Crippen LogP contribution in [0, 0.1) is 5.82 Å². The van der Waals surface area contributed by atoms with Gasteiger partial charge >= 0.3 is 0 Å². The molecule has 30 heavy (non-hydrogen) atoms. The van der Waals surface area contributed by atoms with E-state index in [9.17, 15) is 22.4 Å². The molecule has 0 spiro atoms. The molecule has 1 aromatic carbocycles. The molecule has 4 rings (SSSR count). The normalized spacial score (nSPS) is 17.6. The zero-order chi connectivity index (χ0) is 21.3. The molecule has 1 aliphatic carbocycles. The predicted octanol–water partition coefficient (Wildman–Crippen LogP) is 0.794. The number of benzene rings is 1. The van der Waals surface area contributed by atoms with E-state index in [-0.39, 0.29) is 49.1 Å². The second-order valence-corrected chi connectivity index (χ2v) is 9.44. The van der Waals surface area contributed by atoms with Crippen molar-refractivity contribution >= 4 is 15.9 Å². The van der Waals surface area contributed by atoms with Crippen molar-refractivity contribution in [2.75, 3.05) is 26.2 Å². The van der Waals surface area contributed by atoms with Crippen LogP contribution in [0.15, 0.2) is 40.0 Å². The Hall–Kier alpha value is -2.59. The summed E-state index contributed by atoms with van der Waals surface area (Å²) in [5.74, 6) is -1.09. The van der Waals surface area contributed by atoms with E-state index in [1.807, 2.05) is 0 Å². The summed E-state index contributed by atoms with van der Waals surface area (Å²) in [5, 5.41) is 4.36. The summed E-state index contributed by atoms with van der Waals surface area (Å²) in [4.78, 5) is 26.1. The molecule has 10 heteroatoms. The van der Waals surface area contributed by atoms with Gasteiger partial charge in [-0.2, -0.15) is 9.40 Å². The number of sulfonamides is 1. The van der Waals surface area contributed by atoms with Crippen molar-refractivity contribution in [3.8, 4) is 0 Å². The average Bonchev–Trinajstić information content (AvgIpc) is 2.74. The molecule has 1 saturated heterocycles. The van der Waals surface area contributed by atoms with E-state index < -0.39 is 15.8 Å². The van der Waals surface area contributed by atoms with Crippen LogP contribution in [0.25, 0.3) is 0 Å². The van der Waals surface area contributed by atoms with Gasteiger partial charge in [0.1, 0.15) is 17.3 Å². The summed E-state index contributed by atoms with van der Waals surface area (Å²) in [6.45, 7) is 0.300. The quantitative estimate of drug-likeness (QED) is 0.710. The van der Waals surface area contributed by atoms with Gasteiger partial charge in [-0.25, -0.2) is 17.5 Å². The van der Waals surface area contributed by atoms with Gasteiger partial charge in [0.15, 0.2) is 0 Å². The fourth-order valence-corrected chi connectivity index (χ4v) is 5.40. The van der Waals surface area contributed by atoms with E-state index in [2.05, 4.69) is 5.10 Å². The van der Waals surface area contributed by atoms with Gasteiger partial charge in [-0.3, -0.25) is 9.59 Å². The lowest BCUT2D eigenvalue weighted by Crippen LogP contribution is -2.51. The number of fused-ring (bicyclic) bond motifs is 1. The number of halogens is 1. The molecular weight excluding hydrogens is 411 g/mol. The molecule has 1 amide bonds. The Morgan fingerprint density at radius 2 is 1.77 bits per heavy atom. The highest BCUT2D eigenvalue weighted by atomic mass is 32.2. The molecule has 0 unspecified atom stereocenters. The van der Waals surface area contributed by atoms with Crippen molar-refractivity contribution in [1.29, 1.82) is 0 Å². The Kier molecular flexibility index (Phi) is 5.70. The topological polar surface area (TPSA) is 92.6 Å². The van der Waals surface area contributed by atoms with Gasteiger partial charge < -0.3 is 4.90 Å². The first-order chi connectivity index (χ1) is 14.4. The number of piperazine rings is 1. The third-order valence-electron chi connectivity index (χ3n) is 5.60. The summed E-state index contributed by atoms with van der Waals surface area (Å²) >= 11 is 0. The number of carbonyl (C=O) groups is 1. The lowest BCUT2D eigenvalue weighted by molar-refractivity contribution is -0.133. The van der Waals surface area contributed by atoms with Crippen LogP contribution in [0.1, 0.15) is 24.1 Å². The lowest BCUT2D eigenvalue weighted by Gasteiger charge is -2.34. The molecule has 160 valence electrons. The predicted molar refractivity (Wildman–Crippen MR) is 107 cm³/mol. The van der Waals surface area contributed by atoms with E-state index in [1.54, 1.807) is 6.07 Å². The van der Waals surface area contributed by atoms with E-state index in [0.717, 1.165) is 43.0 Å². The van der Waals surface area contributed by atoms with Crippen LogP contribution in [-0.2, 0) is 34.2 Å². The van der Waals surface area contributed by atoms with Crippen LogP contribution in [-0.4, -0.2) is 59.5 Å². The highest BCUT2D eigenvalue weighted by molar-refractivity contribution is 7.89. The summed E-state index contributed by atoms with van der Waals surface area (Å²) in [6, 6.07) is 6.81. The maximum absolute atomic E-state index is 13.9. The Balaban J connectivity index is 1.42. The minimum Gasteiger partial charge on any atom is -0.338 e. The molecule has 8 nitrogen and oxygen atoms in total. The molecule has 0 radical (unpaired) electrons. The highest BCUT2D eigenvalue weighted by Gasteiger charge is 2.32. The lowest BCUT2D eigenvalue weighted by atomic mass is 9.97. The van der Waals surface area contributed by atoms with Gasteiger partial charge in [0, 0.05) is 32.2 Å². The zero-order valence-electron chi connectivity index (χ0n) is 16.5. The number of hydrogen-bond donors (Lipinski definition) is 0. The van der Waals surface area contributed by atoms with Crippen molar-refractivity contribution in [1.82, 2.24) is 19.0 Å². The van der Waals surface area contributed by atoms with Crippen molar-refractivity contribution in [2.24, 2.45) is 0 Å². The van der Waals surface area contributed by atoms with Gasteiger partial charge in [0.05, 0.1) is 5.69 Å². The molecule has 2 aliphatic rings. The molecule has 0 saturated carbocycles. The van der Waals surface area contributed by atoms with Gasteiger partial charge in [-0.15, -0.1) is 0 Å². The van der Waals surface area contributed by atoms with Crippen LogP contribution in [0.4, 0.5) is 4.39 Å². The molecule has 2 heterocycles. The minimum atomic E-state index is -3.96. The van der Waals surface area contributed by atoms with Crippen LogP contribution in [0.2, 0.25) is 0 Å². The summed E-state index contributed by atoms with van der Waals surface area (Å²) < 4.78 is 41.7. The smallest absolute Gasteiger partial charge is 0.267 e. The minimum absolute atomic E-state index is 0.0644. The first-order valence-electron chi connectivity index (χ1n) is 9.98. The van der Waals surface area contributed by atoms with Crippen LogP contribution >= 0.6 is 0 Å². The van der Waals surface area contributed by atoms with E-state index in [4.69, 9.17) is 0 Å². The molecule has 0 N–H and O–H groups in total. The van der Waals surface area contributed by atoms with Crippen LogP contribution in [0.3, 0.4) is 0 Å². The molecule has 1 fully saturated rings. The first-order valence-corrected chi connectivity index (χ1v) is 11.4. The molecule has 1 aliphatic heterocycles. The summed E-state index contributed by atoms with van der Waals surface area (Å²) in [6.07, 6.45) is 3.70. The highest BCUT2D eigenvalue weighted by Crippen LogP contribution is 2.21. The summed E-state index contributed by atoms with van der Waals surface area (Å²) in [7, 11) is -3.96. The fraction of sp³-hybridized carbons (Fsp3) is 0.450. The third kappa shape index (κ3) is 4.01. The zero-order valence-corrected chi connectivity index (χ0v) is 17.3. The molecule has 0 bridgehead atoms. The number of amides is 1. The molecule has 1 aromatic heterocycles. The van der Waals surface area contributed by atoms with Crippen LogP contribution in [0.5, 0.6) is 0 Å². The van der Waals surface area contributed by atoms with E-state index in [0.29, 0.717) is 0 Å². The maximum Gasteiger partial charge on any atom is 0.267 e. The first kappa shape index (κ1) is 20.7. The second-order valence-electron chi connectivity index (χ2n) is 7.53. The Bertz CT molecular complexity index is 1120. The van der Waals surface area contributed by atoms with Crippen molar-refractivity contribution in [3.63, 3.8) is 0 Å². The molecular formula is C20H23FN4O4S. The van der Waals surface area contributed by atoms with Gasteiger partial charge in [-0.05, 0) is 43.4 Å². The largest absolute Gasteiger partial charge is 0.338 e. The monoisotopic (exact) mass is 434 g/mol.